The van der Waals surface area contributed by atoms with Crippen molar-refractivity contribution in [2.75, 3.05) is 6.61 Å². The second kappa shape index (κ2) is 7.26. The highest BCUT2D eigenvalue weighted by Gasteiger charge is 2.60. The Bertz CT molecular complexity index is 617. The van der Waals surface area contributed by atoms with Gasteiger partial charge in [-0.25, -0.2) is 4.79 Å². The number of rotatable bonds is 4. The lowest BCUT2D eigenvalue weighted by Gasteiger charge is -2.58. The Hall–Kier alpha value is -1.30. The molecule has 0 aliphatic heterocycles. The van der Waals surface area contributed by atoms with Gasteiger partial charge in [0.05, 0.1) is 5.41 Å². The van der Waals surface area contributed by atoms with Gasteiger partial charge in [-0.1, -0.05) is 19.3 Å². The SMILES string of the molecule is O=C(COC(=O)C12C[C@@H]3C[C@H](CC(Cl)(C3)C1)C2)NC(=O)NC1CCCCC1. The summed E-state index contributed by atoms with van der Waals surface area (Å²) in [5.74, 6) is 0.0873. The van der Waals surface area contributed by atoms with Crippen molar-refractivity contribution in [2.24, 2.45) is 17.3 Å². The average Bonchev–Trinajstić information content (AvgIpc) is 2.58. The van der Waals surface area contributed by atoms with Crippen LogP contribution in [-0.4, -0.2) is 35.4 Å². The van der Waals surface area contributed by atoms with E-state index in [1.165, 1.54) is 6.42 Å². The number of ether oxygens (including phenoxy) is 1. The fraction of sp³-hybridized carbons (Fsp3) is 0.850. The molecule has 5 saturated carbocycles. The summed E-state index contributed by atoms with van der Waals surface area (Å²) in [4.78, 5) is 36.5. The summed E-state index contributed by atoms with van der Waals surface area (Å²) < 4.78 is 5.33. The smallest absolute Gasteiger partial charge is 0.321 e. The Morgan fingerprint density at radius 1 is 1.00 bits per heavy atom. The minimum atomic E-state index is -0.582. The van der Waals surface area contributed by atoms with Gasteiger partial charge in [0, 0.05) is 10.9 Å². The normalized spacial score (nSPS) is 37.7. The topological polar surface area (TPSA) is 84.5 Å². The number of esters is 1. The number of carbonyl (C=O) groups excluding carboxylic acids is 3. The molecule has 0 aromatic heterocycles. The number of halogens is 1. The van der Waals surface area contributed by atoms with Crippen molar-refractivity contribution in [3.05, 3.63) is 0 Å². The minimum Gasteiger partial charge on any atom is -0.455 e. The summed E-state index contributed by atoms with van der Waals surface area (Å²) in [7, 11) is 0. The lowest BCUT2D eigenvalue weighted by molar-refractivity contribution is -0.171. The van der Waals surface area contributed by atoms with Crippen LogP contribution in [0, 0.1) is 17.3 Å². The average molecular weight is 397 g/mol. The van der Waals surface area contributed by atoms with E-state index < -0.39 is 24.0 Å². The number of nitrogens with one attached hydrogen (secondary N) is 2. The molecule has 0 aromatic rings. The van der Waals surface area contributed by atoms with Crippen molar-refractivity contribution in [1.82, 2.24) is 10.6 Å². The standard InChI is InChI=1S/C20H29ClN2O4/c21-20-9-13-6-14(10-20)8-19(7-13,12-20)17(25)27-11-16(24)23-18(26)22-15-4-2-1-3-5-15/h13-15H,1-12H2,(H2,22,23,24,26)/t13-,14-,19?,20?/m0/s1. The third-order valence-electron chi connectivity index (χ3n) is 6.95. The molecule has 0 aromatic carbocycles. The Morgan fingerprint density at radius 2 is 1.67 bits per heavy atom. The predicted octanol–water partition coefficient (Wildman–Crippen LogP) is 3.27. The molecule has 0 unspecified atom stereocenters. The number of imide groups is 1. The summed E-state index contributed by atoms with van der Waals surface area (Å²) >= 11 is 6.75. The fourth-order valence-corrected chi connectivity index (χ4v) is 7.00. The summed E-state index contributed by atoms with van der Waals surface area (Å²) in [5, 5.41) is 5.09. The number of alkyl halides is 1. The van der Waals surface area contributed by atoms with Crippen LogP contribution in [0.2, 0.25) is 0 Å². The van der Waals surface area contributed by atoms with E-state index in [0.717, 1.165) is 57.8 Å². The Morgan fingerprint density at radius 3 is 2.30 bits per heavy atom. The molecule has 3 amide bonds. The minimum absolute atomic E-state index is 0.126. The summed E-state index contributed by atoms with van der Waals surface area (Å²) in [5.41, 5.74) is -0.531. The summed E-state index contributed by atoms with van der Waals surface area (Å²) in [6, 6.07) is -0.376. The molecule has 5 aliphatic carbocycles. The highest BCUT2D eigenvalue weighted by atomic mass is 35.5. The van der Waals surface area contributed by atoms with Crippen LogP contribution in [0.5, 0.6) is 0 Å². The van der Waals surface area contributed by atoms with Crippen molar-refractivity contribution >= 4 is 29.5 Å². The monoisotopic (exact) mass is 396 g/mol. The van der Waals surface area contributed by atoms with Crippen LogP contribution in [-0.2, 0) is 14.3 Å². The van der Waals surface area contributed by atoms with Crippen molar-refractivity contribution in [2.45, 2.75) is 81.5 Å². The molecule has 5 aliphatic rings. The van der Waals surface area contributed by atoms with Gasteiger partial charge in [-0.05, 0) is 63.2 Å². The largest absolute Gasteiger partial charge is 0.455 e. The lowest BCUT2D eigenvalue weighted by atomic mass is 9.49. The van der Waals surface area contributed by atoms with E-state index >= 15 is 0 Å². The van der Waals surface area contributed by atoms with E-state index in [0.29, 0.717) is 18.3 Å². The van der Waals surface area contributed by atoms with E-state index in [4.69, 9.17) is 16.3 Å². The molecule has 5 fully saturated rings. The number of urea groups is 1. The zero-order valence-electron chi connectivity index (χ0n) is 15.7. The van der Waals surface area contributed by atoms with Crippen molar-refractivity contribution < 1.29 is 19.1 Å². The molecule has 0 spiro atoms. The summed E-state index contributed by atoms with van der Waals surface area (Å²) in [6.07, 6.45) is 10.7. The van der Waals surface area contributed by atoms with Gasteiger partial charge in [0.2, 0.25) is 0 Å². The van der Waals surface area contributed by atoms with Crippen molar-refractivity contribution in [3.8, 4) is 0 Å². The first-order valence-corrected chi connectivity index (χ1v) is 10.7. The van der Waals surface area contributed by atoms with Gasteiger partial charge in [0.1, 0.15) is 0 Å². The molecule has 4 bridgehead atoms. The molecule has 0 saturated heterocycles. The van der Waals surface area contributed by atoms with E-state index in [1.54, 1.807) is 0 Å². The molecule has 6 nitrogen and oxygen atoms in total. The molecule has 150 valence electrons. The van der Waals surface area contributed by atoms with Gasteiger partial charge in [-0.15, -0.1) is 11.6 Å². The van der Waals surface area contributed by atoms with Gasteiger partial charge in [-0.3, -0.25) is 14.9 Å². The molecule has 2 N–H and O–H groups in total. The predicted molar refractivity (Wildman–Crippen MR) is 100 cm³/mol. The molecule has 0 heterocycles. The zero-order valence-corrected chi connectivity index (χ0v) is 16.5. The van der Waals surface area contributed by atoms with Crippen molar-refractivity contribution in [1.29, 1.82) is 0 Å². The molecule has 0 radical (unpaired) electrons. The number of carbonyl (C=O) groups is 3. The fourth-order valence-electron chi connectivity index (χ4n) is 6.30. The van der Waals surface area contributed by atoms with Crippen LogP contribution in [0.25, 0.3) is 0 Å². The second-order valence-corrected chi connectivity index (χ2v) is 10.1. The first-order valence-electron chi connectivity index (χ1n) is 10.3. The molecule has 5 rings (SSSR count). The number of hydrogen-bond acceptors (Lipinski definition) is 4. The highest BCUT2D eigenvalue weighted by Crippen LogP contribution is 2.64. The quantitative estimate of drug-likeness (QED) is 0.564. The Labute approximate surface area is 165 Å². The first kappa shape index (κ1) is 19.0. The first-order chi connectivity index (χ1) is 12.9. The maximum absolute atomic E-state index is 12.8. The maximum atomic E-state index is 12.8. The highest BCUT2D eigenvalue weighted by molar-refractivity contribution is 6.24. The third kappa shape index (κ3) is 4.10. The van der Waals surface area contributed by atoms with Gasteiger partial charge < -0.3 is 10.1 Å². The van der Waals surface area contributed by atoms with Crippen LogP contribution in [0.15, 0.2) is 0 Å². The van der Waals surface area contributed by atoms with Crippen LogP contribution >= 0.6 is 11.6 Å². The van der Waals surface area contributed by atoms with Crippen LogP contribution < -0.4 is 10.6 Å². The lowest BCUT2D eigenvalue weighted by Crippen LogP contribution is -2.56. The molecular formula is C20H29ClN2O4. The number of hydrogen-bond donors (Lipinski definition) is 2. The molecule has 27 heavy (non-hydrogen) atoms. The van der Waals surface area contributed by atoms with Crippen LogP contribution in [0.4, 0.5) is 4.79 Å². The van der Waals surface area contributed by atoms with Crippen LogP contribution in [0.3, 0.4) is 0 Å². The molecule has 2 atom stereocenters. The Kier molecular flexibility index (Phi) is 5.12. The van der Waals surface area contributed by atoms with E-state index in [2.05, 4.69) is 10.6 Å². The number of amides is 3. The Balaban J connectivity index is 1.25. The van der Waals surface area contributed by atoms with E-state index in [9.17, 15) is 14.4 Å². The summed E-state index contributed by atoms with van der Waals surface area (Å²) in [6.45, 7) is -0.413. The van der Waals surface area contributed by atoms with E-state index in [-0.39, 0.29) is 16.9 Å². The molecular weight excluding hydrogens is 368 g/mol. The van der Waals surface area contributed by atoms with Crippen molar-refractivity contribution in [3.63, 3.8) is 0 Å². The van der Waals surface area contributed by atoms with Gasteiger partial charge in [0.15, 0.2) is 6.61 Å². The van der Waals surface area contributed by atoms with E-state index in [1.807, 2.05) is 0 Å². The van der Waals surface area contributed by atoms with Gasteiger partial charge in [-0.2, -0.15) is 0 Å². The van der Waals surface area contributed by atoms with Gasteiger partial charge >= 0.3 is 12.0 Å². The maximum Gasteiger partial charge on any atom is 0.321 e. The van der Waals surface area contributed by atoms with Crippen LogP contribution in [0.1, 0.15) is 70.6 Å². The second-order valence-electron chi connectivity index (χ2n) is 9.32. The zero-order chi connectivity index (χ0) is 19.1. The third-order valence-corrected chi connectivity index (χ3v) is 7.39. The van der Waals surface area contributed by atoms with Gasteiger partial charge in [0.25, 0.3) is 5.91 Å². The molecule has 7 heteroatoms.